The smallest absolute Gasteiger partial charge is 0.0303 e. The quantitative estimate of drug-likeness (QED) is 0.346. The van der Waals surface area contributed by atoms with Gasteiger partial charge in [0.05, 0.1) is 0 Å². The second kappa shape index (κ2) is 6.46. The fourth-order valence-corrected chi connectivity index (χ4v) is 13.1. The van der Waals surface area contributed by atoms with Crippen LogP contribution >= 0.6 is 0 Å². The summed E-state index contributed by atoms with van der Waals surface area (Å²) < 4.78 is 0. The maximum atomic E-state index is 2.44. The van der Waals surface area contributed by atoms with Crippen LogP contribution in [0.3, 0.4) is 0 Å². The third-order valence-corrected chi connectivity index (χ3v) is 13.4. The highest BCUT2D eigenvalue weighted by molar-refractivity contribution is 5.19. The van der Waals surface area contributed by atoms with Gasteiger partial charge in [0.2, 0.25) is 0 Å². The fraction of sp³-hybridized carbons (Fsp3) is 1.00. The molecule has 0 amide bonds. The first kappa shape index (κ1) is 22.2. The van der Waals surface area contributed by atoms with Crippen molar-refractivity contribution < 1.29 is 0 Å². The van der Waals surface area contributed by atoms with E-state index < -0.39 is 0 Å². The SMILES string of the molecule is CC(C)(C)C1C2CC3C(C2)C31.CC(C)(C)C1C2CC3C(C2)C31.CC(C)(C)C1C2CC3C(C2)C31. The van der Waals surface area contributed by atoms with E-state index in [1.807, 2.05) is 0 Å². The van der Waals surface area contributed by atoms with E-state index in [1.165, 1.54) is 53.3 Å². The lowest BCUT2D eigenvalue weighted by Crippen LogP contribution is -2.23. The molecule has 9 unspecified atom stereocenters. The van der Waals surface area contributed by atoms with Crippen molar-refractivity contribution in [3.8, 4) is 0 Å². The summed E-state index contributed by atoms with van der Waals surface area (Å²) in [6, 6.07) is 0. The van der Waals surface area contributed by atoms with Crippen molar-refractivity contribution >= 4 is 0 Å². The Labute approximate surface area is 205 Å². The van der Waals surface area contributed by atoms with Gasteiger partial charge < -0.3 is 0 Å². The summed E-state index contributed by atoms with van der Waals surface area (Å²) in [5, 5.41) is 0. The van der Waals surface area contributed by atoms with Gasteiger partial charge in [0.15, 0.2) is 0 Å². The lowest BCUT2D eigenvalue weighted by atomic mass is 9.75. The highest BCUT2D eigenvalue weighted by atomic mass is 14.8. The molecule has 12 bridgehead atoms. The summed E-state index contributed by atoms with van der Waals surface area (Å²) in [6.07, 6.45) is 9.57. The van der Waals surface area contributed by atoms with E-state index in [0.717, 1.165) is 35.5 Å². The van der Waals surface area contributed by atoms with E-state index >= 15 is 0 Å². The first-order valence-corrected chi connectivity index (χ1v) is 15.3. The Kier molecular flexibility index (Phi) is 4.35. The molecule has 12 rings (SSSR count). The zero-order valence-corrected chi connectivity index (χ0v) is 23.4. The zero-order valence-electron chi connectivity index (χ0n) is 23.4. The molecule has 0 heterocycles. The molecule has 0 aromatic heterocycles. The van der Waals surface area contributed by atoms with Crippen molar-refractivity contribution in [2.45, 2.75) is 101 Å². The average molecular weight is 451 g/mol. The normalized spacial score (nSPS) is 58.6. The summed E-state index contributed by atoms with van der Waals surface area (Å²) in [4.78, 5) is 0. The van der Waals surface area contributed by atoms with Gasteiger partial charge in [-0.3, -0.25) is 0 Å². The molecule has 0 N–H and O–H groups in total. The van der Waals surface area contributed by atoms with Crippen molar-refractivity contribution in [3.63, 3.8) is 0 Å². The van der Waals surface area contributed by atoms with Crippen LogP contribution in [-0.2, 0) is 0 Å². The van der Waals surface area contributed by atoms with Crippen LogP contribution < -0.4 is 0 Å². The summed E-state index contributed by atoms with van der Waals surface area (Å²) in [5.41, 5.74) is 1.82. The highest BCUT2D eigenvalue weighted by Crippen LogP contribution is 2.77. The Bertz CT molecular complexity index is 663. The third kappa shape index (κ3) is 3.12. The Morgan fingerprint density at radius 2 is 0.515 bits per heavy atom. The lowest BCUT2D eigenvalue weighted by molar-refractivity contribution is 0.189. The van der Waals surface area contributed by atoms with Crippen molar-refractivity contribution in [1.82, 2.24) is 0 Å². The van der Waals surface area contributed by atoms with Gasteiger partial charge in [0, 0.05) is 0 Å². The topological polar surface area (TPSA) is 0 Å². The van der Waals surface area contributed by atoms with Crippen LogP contribution in [0.15, 0.2) is 0 Å². The molecule has 0 spiro atoms. The van der Waals surface area contributed by atoms with E-state index in [9.17, 15) is 0 Å². The molecular weight excluding hydrogens is 396 g/mol. The largest absolute Gasteiger partial charge is 0.0599 e. The molecule has 12 saturated carbocycles. The minimum absolute atomic E-state index is 0.606. The van der Waals surface area contributed by atoms with Crippen LogP contribution in [0, 0.1) is 105 Å². The van der Waals surface area contributed by atoms with Gasteiger partial charge in [0.25, 0.3) is 0 Å². The molecule has 12 fully saturated rings. The molecule has 12 aliphatic rings. The average Bonchev–Trinajstić information content (AvgIpc) is 3.35. The van der Waals surface area contributed by atoms with E-state index in [4.69, 9.17) is 0 Å². The van der Waals surface area contributed by atoms with Gasteiger partial charge in [-0.15, -0.1) is 0 Å². The second-order valence-electron chi connectivity index (χ2n) is 18.1. The molecule has 0 saturated heterocycles. The Morgan fingerprint density at radius 3 is 0.576 bits per heavy atom. The van der Waals surface area contributed by atoms with Crippen LogP contribution in [0.25, 0.3) is 0 Å². The number of hydrogen-bond acceptors (Lipinski definition) is 0. The van der Waals surface area contributed by atoms with Crippen LogP contribution in [0.2, 0.25) is 0 Å². The van der Waals surface area contributed by atoms with Crippen molar-refractivity contribution in [3.05, 3.63) is 0 Å². The zero-order chi connectivity index (χ0) is 23.4. The first-order valence-electron chi connectivity index (χ1n) is 15.3. The Morgan fingerprint density at radius 1 is 0.333 bits per heavy atom. The number of hydrogen-bond donors (Lipinski definition) is 0. The van der Waals surface area contributed by atoms with E-state index in [0.29, 0.717) is 16.2 Å². The molecular formula is C33H54. The maximum Gasteiger partial charge on any atom is -0.0303 e. The van der Waals surface area contributed by atoms with Crippen molar-refractivity contribution in [2.24, 2.45) is 105 Å². The van der Waals surface area contributed by atoms with Gasteiger partial charge in [-0.2, -0.15) is 0 Å². The molecule has 12 aliphatic carbocycles. The third-order valence-electron chi connectivity index (χ3n) is 13.4. The maximum absolute atomic E-state index is 2.44. The lowest BCUT2D eigenvalue weighted by Gasteiger charge is -2.30. The van der Waals surface area contributed by atoms with Gasteiger partial charge in [-0.25, -0.2) is 0 Å². The van der Waals surface area contributed by atoms with Crippen LogP contribution in [0.1, 0.15) is 101 Å². The summed E-state index contributed by atoms with van der Waals surface area (Å²) in [6.45, 7) is 21.9. The molecule has 0 aromatic rings. The van der Waals surface area contributed by atoms with Crippen molar-refractivity contribution in [1.29, 1.82) is 0 Å². The van der Waals surface area contributed by atoms with Gasteiger partial charge in [-0.05, 0) is 144 Å². The molecule has 0 nitrogen and oxygen atoms in total. The van der Waals surface area contributed by atoms with Crippen LogP contribution in [-0.4, -0.2) is 0 Å². The van der Waals surface area contributed by atoms with Gasteiger partial charge in [0.1, 0.15) is 0 Å². The molecule has 0 heteroatoms. The summed E-state index contributed by atoms with van der Waals surface area (Å²) >= 11 is 0. The second-order valence-corrected chi connectivity index (χ2v) is 18.1. The van der Waals surface area contributed by atoms with E-state index in [1.54, 1.807) is 38.5 Å². The molecule has 0 aromatic carbocycles. The molecule has 33 heavy (non-hydrogen) atoms. The highest BCUT2D eigenvalue weighted by Gasteiger charge is 2.71. The molecule has 186 valence electrons. The Hall–Kier alpha value is 0. The minimum Gasteiger partial charge on any atom is -0.0599 e. The number of rotatable bonds is 0. The molecule has 0 aliphatic heterocycles. The summed E-state index contributed by atoms with van der Waals surface area (Å²) in [7, 11) is 0. The minimum atomic E-state index is 0.606. The van der Waals surface area contributed by atoms with Crippen molar-refractivity contribution in [2.75, 3.05) is 0 Å². The fourth-order valence-electron chi connectivity index (χ4n) is 13.1. The van der Waals surface area contributed by atoms with Crippen LogP contribution in [0.5, 0.6) is 0 Å². The standard InChI is InChI=1S/3C11H18/c3*1-11(2,3)10-6-4-7-8(5-6)9(7)10/h3*6-10H,4-5H2,1-3H3. The summed E-state index contributed by atoms with van der Waals surface area (Å²) in [5.74, 6) is 17.4. The molecule has 9 atom stereocenters. The van der Waals surface area contributed by atoms with E-state index in [2.05, 4.69) is 62.3 Å². The van der Waals surface area contributed by atoms with Gasteiger partial charge >= 0.3 is 0 Å². The monoisotopic (exact) mass is 450 g/mol. The van der Waals surface area contributed by atoms with Crippen LogP contribution in [0.4, 0.5) is 0 Å². The molecule has 0 radical (unpaired) electrons. The van der Waals surface area contributed by atoms with Gasteiger partial charge in [-0.1, -0.05) is 62.3 Å². The Balaban J connectivity index is 0.0000000864. The van der Waals surface area contributed by atoms with E-state index in [-0.39, 0.29) is 0 Å². The first-order chi connectivity index (χ1) is 15.3. The predicted molar refractivity (Wildman–Crippen MR) is 138 cm³/mol. The predicted octanol–water partition coefficient (Wildman–Crippen LogP) is 8.80.